The third-order valence-corrected chi connectivity index (χ3v) is 6.45. The fourth-order valence-corrected chi connectivity index (χ4v) is 4.95. The molecule has 2 N–H and O–H groups in total. The van der Waals surface area contributed by atoms with Crippen LogP contribution in [0.25, 0.3) is 0 Å². The molecule has 136 valence electrons. The summed E-state index contributed by atoms with van der Waals surface area (Å²) >= 11 is 0. The van der Waals surface area contributed by atoms with E-state index in [9.17, 15) is 23.3 Å². The van der Waals surface area contributed by atoms with Gasteiger partial charge in [0.15, 0.2) is 0 Å². The molecular formula is C15H20N4O5S. The minimum absolute atomic E-state index is 0.00969. The standard InChI is InChI=1S/C15H20N4O5S/c20-15(17-11-6-7-16-10-11)14-5-2-8-18(14)25(23,24)13-4-1-3-12(9-13)19(21)22/h1,3-4,9,11,14,16H,2,5-8,10H2,(H,17,20). The van der Waals surface area contributed by atoms with Gasteiger partial charge in [-0.3, -0.25) is 14.9 Å². The molecule has 2 fully saturated rings. The summed E-state index contributed by atoms with van der Waals surface area (Å²) in [6.07, 6.45) is 1.84. The van der Waals surface area contributed by atoms with E-state index >= 15 is 0 Å². The molecule has 0 spiro atoms. The SMILES string of the molecule is O=C(NC1CCNC1)C1CCCN1S(=O)(=O)c1cccc([N+](=O)[O-])c1. The second kappa shape index (κ2) is 7.06. The van der Waals surface area contributed by atoms with Crippen molar-refractivity contribution in [3.05, 3.63) is 34.4 Å². The summed E-state index contributed by atoms with van der Waals surface area (Å²) in [4.78, 5) is 22.6. The van der Waals surface area contributed by atoms with Crippen LogP contribution >= 0.6 is 0 Å². The van der Waals surface area contributed by atoms with Crippen LogP contribution in [0.2, 0.25) is 0 Å². The van der Waals surface area contributed by atoms with E-state index in [1.54, 1.807) is 0 Å². The molecule has 2 aliphatic rings. The molecule has 10 heteroatoms. The minimum Gasteiger partial charge on any atom is -0.351 e. The van der Waals surface area contributed by atoms with Gasteiger partial charge in [-0.15, -0.1) is 0 Å². The van der Waals surface area contributed by atoms with Crippen LogP contribution in [-0.2, 0) is 14.8 Å². The highest BCUT2D eigenvalue weighted by atomic mass is 32.2. The highest BCUT2D eigenvalue weighted by molar-refractivity contribution is 7.89. The number of amides is 1. The first-order chi connectivity index (χ1) is 11.9. The molecule has 1 aromatic carbocycles. The zero-order valence-corrected chi connectivity index (χ0v) is 14.4. The Balaban J connectivity index is 1.81. The Bertz CT molecular complexity index is 776. The number of non-ortho nitro benzene ring substituents is 1. The number of hydrogen-bond donors (Lipinski definition) is 2. The lowest BCUT2D eigenvalue weighted by molar-refractivity contribution is -0.385. The Hall–Kier alpha value is -2.04. The summed E-state index contributed by atoms with van der Waals surface area (Å²) in [5.41, 5.74) is -0.293. The van der Waals surface area contributed by atoms with Crippen molar-refractivity contribution in [3.8, 4) is 0 Å². The van der Waals surface area contributed by atoms with Crippen LogP contribution in [0.3, 0.4) is 0 Å². The number of nitrogens with zero attached hydrogens (tertiary/aromatic N) is 2. The third-order valence-electron chi connectivity index (χ3n) is 4.55. The Labute approximate surface area is 145 Å². The number of hydrogen-bond acceptors (Lipinski definition) is 6. The lowest BCUT2D eigenvalue weighted by Crippen LogP contribution is -2.49. The van der Waals surface area contributed by atoms with Crippen molar-refractivity contribution in [2.75, 3.05) is 19.6 Å². The van der Waals surface area contributed by atoms with Crippen LogP contribution in [0.15, 0.2) is 29.2 Å². The van der Waals surface area contributed by atoms with Gasteiger partial charge in [0.1, 0.15) is 6.04 Å². The van der Waals surface area contributed by atoms with Crippen LogP contribution in [0, 0.1) is 10.1 Å². The van der Waals surface area contributed by atoms with E-state index in [2.05, 4.69) is 10.6 Å². The van der Waals surface area contributed by atoms with E-state index in [1.807, 2.05) is 0 Å². The smallest absolute Gasteiger partial charge is 0.270 e. The Morgan fingerprint density at radius 2 is 2.16 bits per heavy atom. The molecule has 0 bridgehead atoms. The Kier molecular flexibility index (Phi) is 5.02. The highest BCUT2D eigenvalue weighted by Gasteiger charge is 2.40. The Morgan fingerprint density at radius 1 is 1.36 bits per heavy atom. The highest BCUT2D eigenvalue weighted by Crippen LogP contribution is 2.28. The molecular weight excluding hydrogens is 348 g/mol. The summed E-state index contributed by atoms with van der Waals surface area (Å²) < 4.78 is 26.9. The number of carbonyl (C=O) groups is 1. The average molecular weight is 368 g/mol. The van der Waals surface area contributed by atoms with Crippen molar-refractivity contribution < 1.29 is 18.1 Å². The van der Waals surface area contributed by atoms with Gasteiger partial charge in [0.2, 0.25) is 15.9 Å². The number of nitro benzene ring substituents is 1. The molecule has 2 unspecified atom stereocenters. The van der Waals surface area contributed by atoms with Crippen molar-refractivity contribution in [3.63, 3.8) is 0 Å². The van der Waals surface area contributed by atoms with Crippen molar-refractivity contribution in [2.45, 2.75) is 36.2 Å². The summed E-state index contributed by atoms with van der Waals surface area (Å²) in [5.74, 6) is -0.305. The summed E-state index contributed by atoms with van der Waals surface area (Å²) in [6, 6.07) is 4.15. The van der Waals surface area contributed by atoms with Gasteiger partial charge in [0.05, 0.1) is 9.82 Å². The number of benzene rings is 1. The summed E-state index contributed by atoms with van der Waals surface area (Å²) in [5, 5.41) is 16.9. The first kappa shape index (κ1) is 17.8. The van der Waals surface area contributed by atoms with Gasteiger partial charge in [-0.1, -0.05) is 6.07 Å². The van der Waals surface area contributed by atoms with Crippen LogP contribution < -0.4 is 10.6 Å². The first-order valence-electron chi connectivity index (χ1n) is 8.17. The van der Waals surface area contributed by atoms with E-state index in [1.165, 1.54) is 18.2 Å². The first-order valence-corrected chi connectivity index (χ1v) is 9.61. The van der Waals surface area contributed by atoms with Crippen LogP contribution in [0.4, 0.5) is 5.69 Å². The van der Waals surface area contributed by atoms with Crippen molar-refractivity contribution in [1.82, 2.24) is 14.9 Å². The zero-order valence-electron chi connectivity index (χ0n) is 13.6. The quantitative estimate of drug-likeness (QED) is 0.567. The maximum Gasteiger partial charge on any atom is 0.270 e. The normalized spacial score (nSPS) is 24.3. The second-order valence-electron chi connectivity index (χ2n) is 6.23. The lowest BCUT2D eigenvalue weighted by Gasteiger charge is -2.24. The molecule has 25 heavy (non-hydrogen) atoms. The molecule has 2 aliphatic heterocycles. The molecule has 1 amide bonds. The Morgan fingerprint density at radius 3 is 2.84 bits per heavy atom. The predicted octanol–water partition coefficient (Wildman–Crippen LogP) is 0.226. The minimum atomic E-state index is -3.97. The largest absolute Gasteiger partial charge is 0.351 e. The van der Waals surface area contributed by atoms with Crippen LogP contribution in [0.5, 0.6) is 0 Å². The van der Waals surface area contributed by atoms with E-state index in [-0.39, 0.29) is 29.1 Å². The van der Waals surface area contributed by atoms with E-state index in [0.717, 1.165) is 23.3 Å². The van der Waals surface area contributed by atoms with Crippen molar-refractivity contribution >= 4 is 21.6 Å². The third kappa shape index (κ3) is 3.65. The molecule has 9 nitrogen and oxygen atoms in total. The van der Waals surface area contributed by atoms with Gasteiger partial charge < -0.3 is 10.6 Å². The van der Waals surface area contributed by atoms with E-state index in [0.29, 0.717) is 19.4 Å². The number of carbonyl (C=O) groups excluding carboxylic acids is 1. The van der Waals surface area contributed by atoms with Crippen molar-refractivity contribution in [1.29, 1.82) is 0 Å². The summed E-state index contributed by atoms with van der Waals surface area (Å²) in [6.45, 7) is 1.73. The predicted molar refractivity (Wildman–Crippen MR) is 89.4 cm³/mol. The van der Waals surface area contributed by atoms with Gasteiger partial charge in [-0.2, -0.15) is 4.31 Å². The molecule has 1 aromatic rings. The molecule has 2 atom stereocenters. The fourth-order valence-electron chi connectivity index (χ4n) is 3.26. The molecule has 0 radical (unpaired) electrons. The van der Waals surface area contributed by atoms with Gasteiger partial charge in [0, 0.05) is 31.3 Å². The number of nitrogens with one attached hydrogen (secondary N) is 2. The molecule has 0 aromatic heterocycles. The van der Waals surface area contributed by atoms with E-state index in [4.69, 9.17) is 0 Å². The maximum absolute atomic E-state index is 12.9. The summed E-state index contributed by atoms with van der Waals surface area (Å²) in [7, 11) is -3.97. The van der Waals surface area contributed by atoms with Gasteiger partial charge >= 0.3 is 0 Å². The van der Waals surface area contributed by atoms with Crippen LogP contribution in [0.1, 0.15) is 19.3 Å². The molecule has 0 saturated carbocycles. The molecule has 3 rings (SSSR count). The van der Waals surface area contributed by atoms with Crippen LogP contribution in [-0.4, -0.2) is 55.3 Å². The monoisotopic (exact) mass is 368 g/mol. The second-order valence-corrected chi connectivity index (χ2v) is 8.12. The zero-order chi connectivity index (χ0) is 18.0. The lowest BCUT2D eigenvalue weighted by atomic mass is 10.2. The molecule has 2 saturated heterocycles. The van der Waals surface area contributed by atoms with Gasteiger partial charge in [0.25, 0.3) is 5.69 Å². The van der Waals surface area contributed by atoms with Gasteiger partial charge in [-0.25, -0.2) is 8.42 Å². The number of rotatable bonds is 5. The molecule has 0 aliphatic carbocycles. The fraction of sp³-hybridized carbons (Fsp3) is 0.533. The van der Waals surface area contributed by atoms with Crippen molar-refractivity contribution in [2.24, 2.45) is 0 Å². The topological polar surface area (TPSA) is 122 Å². The van der Waals surface area contributed by atoms with E-state index < -0.39 is 21.0 Å². The van der Waals surface area contributed by atoms with Gasteiger partial charge in [-0.05, 0) is 31.9 Å². The number of nitro groups is 1. The molecule has 2 heterocycles. The average Bonchev–Trinajstić information content (AvgIpc) is 3.26. The number of sulfonamides is 1. The maximum atomic E-state index is 12.9.